The Balaban J connectivity index is 1.84. The van der Waals surface area contributed by atoms with Crippen molar-refractivity contribution in [2.24, 2.45) is 0 Å². The standard InChI is InChI=1S/C17H17ClN2/c18-16-14-7-3-4-8-15(14)19-17(20-16)13-6-2-1-5-12(13)11-9-10-11/h1-2,5-6,11H,3-4,7-10H2. The van der Waals surface area contributed by atoms with Crippen LogP contribution in [0.25, 0.3) is 11.4 Å². The molecule has 2 nitrogen and oxygen atoms in total. The van der Waals surface area contributed by atoms with E-state index >= 15 is 0 Å². The van der Waals surface area contributed by atoms with E-state index in [2.05, 4.69) is 29.2 Å². The zero-order valence-corrected chi connectivity index (χ0v) is 12.2. The van der Waals surface area contributed by atoms with Crippen molar-refractivity contribution in [3.8, 4) is 11.4 Å². The highest BCUT2D eigenvalue weighted by Gasteiger charge is 2.27. The molecule has 2 aromatic rings. The molecule has 0 atom stereocenters. The molecule has 20 heavy (non-hydrogen) atoms. The third-order valence-corrected chi connectivity index (χ3v) is 4.66. The van der Waals surface area contributed by atoms with Gasteiger partial charge in [0.15, 0.2) is 5.82 Å². The van der Waals surface area contributed by atoms with Crippen LogP contribution < -0.4 is 0 Å². The molecule has 1 heterocycles. The van der Waals surface area contributed by atoms with Crippen molar-refractivity contribution >= 4 is 11.6 Å². The molecule has 0 aliphatic heterocycles. The summed E-state index contributed by atoms with van der Waals surface area (Å²) in [5, 5.41) is 0.662. The average Bonchev–Trinajstić information content (AvgIpc) is 3.32. The highest BCUT2D eigenvalue weighted by molar-refractivity contribution is 6.30. The Kier molecular flexibility index (Phi) is 2.99. The third-order valence-electron chi connectivity index (χ3n) is 4.35. The first kappa shape index (κ1) is 12.3. The molecule has 2 aliphatic carbocycles. The second kappa shape index (κ2) is 4.85. The van der Waals surface area contributed by atoms with Crippen LogP contribution in [-0.4, -0.2) is 9.97 Å². The van der Waals surface area contributed by atoms with Gasteiger partial charge in [-0.15, -0.1) is 0 Å². The number of aromatic nitrogens is 2. The number of nitrogens with zero attached hydrogens (tertiary/aromatic N) is 2. The lowest BCUT2D eigenvalue weighted by atomic mass is 9.96. The Morgan fingerprint density at radius 1 is 1.00 bits per heavy atom. The molecule has 1 fully saturated rings. The fraction of sp³-hybridized carbons (Fsp3) is 0.412. The smallest absolute Gasteiger partial charge is 0.161 e. The second-order valence-corrected chi connectivity index (χ2v) is 6.19. The molecule has 102 valence electrons. The van der Waals surface area contributed by atoms with Crippen molar-refractivity contribution in [3.05, 3.63) is 46.2 Å². The molecule has 0 bridgehead atoms. The number of hydrogen-bond acceptors (Lipinski definition) is 2. The molecule has 0 amide bonds. The minimum atomic E-state index is 0.662. The van der Waals surface area contributed by atoms with Gasteiger partial charge in [0.05, 0.1) is 0 Å². The number of aryl methyl sites for hydroxylation is 1. The topological polar surface area (TPSA) is 25.8 Å². The van der Waals surface area contributed by atoms with Gasteiger partial charge < -0.3 is 0 Å². The Hall–Kier alpha value is -1.41. The summed E-state index contributed by atoms with van der Waals surface area (Å²) in [5.41, 5.74) is 4.90. The van der Waals surface area contributed by atoms with E-state index in [0.717, 1.165) is 24.4 Å². The summed E-state index contributed by atoms with van der Waals surface area (Å²) in [6.45, 7) is 0. The molecule has 0 radical (unpaired) electrons. The summed E-state index contributed by atoms with van der Waals surface area (Å²) in [4.78, 5) is 9.40. The molecule has 3 heteroatoms. The number of hydrogen-bond donors (Lipinski definition) is 0. The van der Waals surface area contributed by atoms with E-state index in [-0.39, 0.29) is 0 Å². The minimum Gasteiger partial charge on any atom is -0.233 e. The van der Waals surface area contributed by atoms with Gasteiger partial charge >= 0.3 is 0 Å². The Bertz CT molecular complexity index is 662. The highest BCUT2D eigenvalue weighted by Crippen LogP contribution is 2.44. The molecule has 4 rings (SSSR count). The predicted octanol–water partition coefficient (Wildman–Crippen LogP) is 4.55. The first-order valence-electron chi connectivity index (χ1n) is 7.47. The second-order valence-electron chi connectivity index (χ2n) is 5.83. The number of fused-ring (bicyclic) bond motifs is 1. The van der Waals surface area contributed by atoms with Gasteiger partial charge in [-0.2, -0.15) is 0 Å². The first-order valence-corrected chi connectivity index (χ1v) is 7.85. The van der Waals surface area contributed by atoms with Crippen LogP contribution in [0.5, 0.6) is 0 Å². The van der Waals surface area contributed by atoms with Crippen LogP contribution in [0.4, 0.5) is 0 Å². The van der Waals surface area contributed by atoms with Gasteiger partial charge in [-0.1, -0.05) is 35.9 Å². The highest BCUT2D eigenvalue weighted by atomic mass is 35.5. The molecular weight excluding hydrogens is 268 g/mol. The number of benzene rings is 1. The molecular formula is C17H17ClN2. The lowest BCUT2D eigenvalue weighted by Gasteiger charge is -2.17. The average molecular weight is 285 g/mol. The molecule has 1 aromatic heterocycles. The fourth-order valence-corrected chi connectivity index (χ4v) is 3.40. The SMILES string of the molecule is Clc1nc(-c2ccccc2C2CC2)nc2c1CCCC2. The zero-order valence-electron chi connectivity index (χ0n) is 11.4. The van der Waals surface area contributed by atoms with E-state index < -0.39 is 0 Å². The van der Waals surface area contributed by atoms with Crippen molar-refractivity contribution in [1.82, 2.24) is 9.97 Å². The normalized spacial score (nSPS) is 17.9. The summed E-state index contributed by atoms with van der Waals surface area (Å²) in [6.07, 6.45) is 7.05. The van der Waals surface area contributed by atoms with Crippen molar-refractivity contribution in [2.45, 2.75) is 44.4 Å². The lowest BCUT2D eigenvalue weighted by Crippen LogP contribution is -2.09. The van der Waals surface area contributed by atoms with Crippen molar-refractivity contribution in [3.63, 3.8) is 0 Å². The van der Waals surface area contributed by atoms with Crippen molar-refractivity contribution in [1.29, 1.82) is 0 Å². The van der Waals surface area contributed by atoms with Gasteiger partial charge in [-0.3, -0.25) is 0 Å². The van der Waals surface area contributed by atoms with Crippen LogP contribution in [0.2, 0.25) is 5.15 Å². The van der Waals surface area contributed by atoms with E-state index in [1.165, 1.54) is 42.4 Å². The van der Waals surface area contributed by atoms with Crippen molar-refractivity contribution < 1.29 is 0 Å². The predicted molar refractivity (Wildman–Crippen MR) is 81.1 cm³/mol. The summed E-state index contributed by atoms with van der Waals surface area (Å²) in [6, 6.07) is 8.52. The molecule has 1 aromatic carbocycles. The van der Waals surface area contributed by atoms with Crippen molar-refractivity contribution in [2.75, 3.05) is 0 Å². The van der Waals surface area contributed by atoms with Gasteiger partial charge in [0.25, 0.3) is 0 Å². The Labute approximate surface area is 124 Å². The minimum absolute atomic E-state index is 0.662. The van der Waals surface area contributed by atoms with Gasteiger partial charge in [0.1, 0.15) is 5.15 Å². The summed E-state index contributed by atoms with van der Waals surface area (Å²) >= 11 is 6.39. The molecule has 0 spiro atoms. The molecule has 0 N–H and O–H groups in total. The Morgan fingerprint density at radius 3 is 2.65 bits per heavy atom. The largest absolute Gasteiger partial charge is 0.233 e. The maximum atomic E-state index is 6.39. The van der Waals surface area contributed by atoms with Gasteiger partial charge in [-0.25, -0.2) is 9.97 Å². The number of halogens is 1. The third kappa shape index (κ3) is 2.12. The molecule has 0 unspecified atom stereocenters. The van der Waals surface area contributed by atoms with E-state index in [0.29, 0.717) is 11.1 Å². The van der Waals surface area contributed by atoms with Gasteiger partial charge in [0.2, 0.25) is 0 Å². The van der Waals surface area contributed by atoms with Crippen LogP contribution in [-0.2, 0) is 12.8 Å². The monoisotopic (exact) mass is 284 g/mol. The zero-order chi connectivity index (χ0) is 13.5. The van der Waals surface area contributed by atoms with Gasteiger partial charge in [0, 0.05) is 16.8 Å². The molecule has 1 saturated carbocycles. The van der Waals surface area contributed by atoms with Crippen LogP contribution in [0, 0.1) is 0 Å². The van der Waals surface area contributed by atoms with Crippen LogP contribution >= 0.6 is 11.6 Å². The maximum Gasteiger partial charge on any atom is 0.161 e. The summed E-state index contributed by atoms with van der Waals surface area (Å²) in [5.74, 6) is 1.52. The van der Waals surface area contributed by atoms with E-state index in [9.17, 15) is 0 Å². The van der Waals surface area contributed by atoms with E-state index in [1.807, 2.05) is 0 Å². The fourth-order valence-electron chi connectivity index (χ4n) is 3.12. The molecule has 0 saturated heterocycles. The van der Waals surface area contributed by atoms with Crippen LogP contribution in [0.15, 0.2) is 24.3 Å². The number of rotatable bonds is 2. The molecule has 2 aliphatic rings. The van der Waals surface area contributed by atoms with Crippen LogP contribution in [0.1, 0.15) is 48.4 Å². The van der Waals surface area contributed by atoms with Gasteiger partial charge in [-0.05, 0) is 50.0 Å². The maximum absolute atomic E-state index is 6.39. The summed E-state index contributed by atoms with van der Waals surface area (Å²) < 4.78 is 0. The quantitative estimate of drug-likeness (QED) is 0.756. The van der Waals surface area contributed by atoms with E-state index in [1.54, 1.807) is 0 Å². The Morgan fingerprint density at radius 2 is 1.80 bits per heavy atom. The van der Waals surface area contributed by atoms with E-state index in [4.69, 9.17) is 16.6 Å². The first-order chi connectivity index (χ1) is 9.83. The lowest BCUT2D eigenvalue weighted by molar-refractivity contribution is 0.663. The summed E-state index contributed by atoms with van der Waals surface area (Å²) in [7, 11) is 0. The van der Waals surface area contributed by atoms with Crippen LogP contribution in [0.3, 0.4) is 0 Å².